The van der Waals surface area contributed by atoms with Gasteiger partial charge >= 0.3 is 0 Å². The highest BCUT2D eigenvalue weighted by Crippen LogP contribution is 2.17. The molecule has 13 heavy (non-hydrogen) atoms. The molecule has 0 aliphatic carbocycles. The zero-order valence-electron chi connectivity index (χ0n) is 7.10. The molecular formula is C8H9N3O2. The highest BCUT2D eigenvalue weighted by molar-refractivity contribution is 5.51. The zero-order valence-corrected chi connectivity index (χ0v) is 7.10. The van der Waals surface area contributed by atoms with Gasteiger partial charge in [0.1, 0.15) is 6.26 Å². The predicted octanol–water partition coefficient (Wildman–Crippen LogP) is 1.35. The predicted molar refractivity (Wildman–Crippen MR) is 44.6 cm³/mol. The second-order valence-corrected chi connectivity index (χ2v) is 2.76. The van der Waals surface area contributed by atoms with E-state index in [1.165, 1.54) is 0 Å². The van der Waals surface area contributed by atoms with E-state index >= 15 is 0 Å². The highest BCUT2D eigenvalue weighted by Gasteiger charge is 2.11. The average Bonchev–Trinajstić information content (AvgIpc) is 2.75. The van der Waals surface area contributed by atoms with Crippen LogP contribution in [0.25, 0.3) is 11.4 Å². The molecule has 0 radical (unpaired) electrons. The van der Waals surface area contributed by atoms with Gasteiger partial charge in [-0.25, -0.2) is 0 Å². The molecule has 0 bridgehead atoms. The molecule has 0 unspecified atom stereocenters. The Hall–Kier alpha value is -1.62. The van der Waals surface area contributed by atoms with Crippen molar-refractivity contribution in [3.63, 3.8) is 0 Å². The average molecular weight is 179 g/mol. The Kier molecular flexibility index (Phi) is 1.86. The van der Waals surface area contributed by atoms with Crippen LogP contribution < -0.4 is 5.73 Å². The van der Waals surface area contributed by atoms with Crippen LogP contribution in [0.3, 0.4) is 0 Å². The van der Waals surface area contributed by atoms with E-state index < -0.39 is 0 Å². The Labute approximate surface area is 74.5 Å². The van der Waals surface area contributed by atoms with E-state index in [4.69, 9.17) is 14.7 Å². The molecule has 0 saturated carbocycles. The van der Waals surface area contributed by atoms with Gasteiger partial charge in [-0.3, -0.25) is 0 Å². The van der Waals surface area contributed by atoms with E-state index in [1.54, 1.807) is 25.5 Å². The fraction of sp³-hybridized carbons (Fsp3) is 0.250. The van der Waals surface area contributed by atoms with Crippen molar-refractivity contribution >= 4 is 0 Å². The van der Waals surface area contributed by atoms with Crippen LogP contribution in [0.5, 0.6) is 0 Å². The minimum atomic E-state index is -0.242. The fourth-order valence-corrected chi connectivity index (χ4v) is 0.929. The van der Waals surface area contributed by atoms with E-state index in [2.05, 4.69) is 10.1 Å². The molecule has 1 atom stereocenters. The molecule has 0 aliphatic rings. The normalized spacial score (nSPS) is 13.1. The Balaban J connectivity index is 2.33. The van der Waals surface area contributed by atoms with Crippen molar-refractivity contribution in [2.45, 2.75) is 13.0 Å². The standard InChI is InChI=1S/C8H9N3O2/c1-5(9)8-10-7(11-13-8)6-2-3-12-4-6/h2-5H,9H2,1H3/t5-/m1/s1. The number of rotatable bonds is 2. The number of hydrogen-bond acceptors (Lipinski definition) is 5. The number of aromatic nitrogens is 2. The number of nitrogens with two attached hydrogens (primary N) is 1. The number of nitrogens with zero attached hydrogens (tertiary/aromatic N) is 2. The van der Waals surface area contributed by atoms with Gasteiger partial charge in [0.15, 0.2) is 0 Å². The van der Waals surface area contributed by atoms with Crippen molar-refractivity contribution in [3.8, 4) is 11.4 Å². The lowest BCUT2D eigenvalue weighted by molar-refractivity contribution is 0.362. The third-order valence-electron chi connectivity index (χ3n) is 1.61. The van der Waals surface area contributed by atoms with Crippen LogP contribution >= 0.6 is 0 Å². The molecule has 5 heteroatoms. The third kappa shape index (κ3) is 1.46. The SMILES string of the molecule is C[C@@H](N)c1nc(-c2ccoc2)no1. The van der Waals surface area contributed by atoms with Gasteiger partial charge in [-0.2, -0.15) is 4.98 Å². The van der Waals surface area contributed by atoms with Crippen LogP contribution in [0.15, 0.2) is 27.5 Å². The van der Waals surface area contributed by atoms with E-state index in [-0.39, 0.29) is 6.04 Å². The first-order valence-electron chi connectivity index (χ1n) is 3.89. The van der Waals surface area contributed by atoms with Crippen molar-refractivity contribution in [1.29, 1.82) is 0 Å². The maximum absolute atomic E-state index is 5.56. The van der Waals surface area contributed by atoms with E-state index in [0.717, 1.165) is 5.56 Å². The summed E-state index contributed by atoms with van der Waals surface area (Å²) >= 11 is 0. The van der Waals surface area contributed by atoms with Crippen LogP contribution in [0.1, 0.15) is 18.9 Å². The summed E-state index contributed by atoms with van der Waals surface area (Å²) in [5.74, 6) is 0.928. The molecule has 0 saturated heterocycles. The summed E-state index contributed by atoms with van der Waals surface area (Å²) in [6.45, 7) is 1.78. The quantitative estimate of drug-likeness (QED) is 0.752. The van der Waals surface area contributed by atoms with E-state index in [9.17, 15) is 0 Å². The van der Waals surface area contributed by atoms with Crippen LogP contribution in [0.2, 0.25) is 0 Å². The highest BCUT2D eigenvalue weighted by atomic mass is 16.5. The molecule has 0 amide bonds. The lowest BCUT2D eigenvalue weighted by atomic mass is 10.3. The van der Waals surface area contributed by atoms with Gasteiger partial charge in [0.25, 0.3) is 0 Å². The second kappa shape index (κ2) is 3.02. The minimum absolute atomic E-state index is 0.242. The van der Waals surface area contributed by atoms with Crippen LogP contribution in [0, 0.1) is 0 Å². The first-order chi connectivity index (χ1) is 6.27. The van der Waals surface area contributed by atoms with Crippen LogP contribution in [-0.2, 0) is 0 Å². The van der Waals surface area contributed by atoms with E-state index in [0.29, 0.717) is 11.7 Å². The maximum atomic E-state index is 5.56. The lowest BCUT2D eigenvalue weighted by Crippen LogP contribution is -2.04. The molecule has 2 aromatic rings. The first-order valence-corrected chi connectivity index (χ1v) is 3.89. The molecule has 2 heterocycles. The summed E-state index contributed by atoms with van der Waals surface area (Å²) in [7, 11) is 0. The van der Waals surface area contributed by atoms with Crippen molar-refractivity contribution in [3.05, 3.63) is 24.5 Å². The molecule has 0 aliphatic heterocycles. The largest absolute Gasteiger partial charge is 0.472 e. The molecule has 0 fully saturated rings. The first kappa shape index (κ1) is 8.00. The molecule has 2 aromatic heterocycles. The summed E-state index contributed by atoms with van der Waals surface area (Å²) < 4.78 is 9.81. The van der Waals surface area contributed by atoms with Gasteiger partial charge < -0.3 is 14.7 Å². The zero-order chi connectivity index (χ0) is 9.26. The molecule has 2 rings (SSSR count). The summed E-state index contributed by atoms with van der Waals surface area (Å²) in [6.07, 6.45) is 3.10. The second-order valence-electron chi connectivity index (χ2n) is 2.76. The van der Waals surface area contributed by atoms with Crippen LogP contribution in [0.4, 0.5) is 0 Å². The van der Waals surface area contributed by atoms with Gasteiger partial charge in [-0.1, -0.05) is 5.16 Å². The van der Waals surface area contributed by atoms with Crippen LogP contribution in [-0.4, -0.2) is 10.1 Å². The smallest absolute Gasteiger partial charge is 0.243 e. The summed E-state index contributed by atoms with van der Waals surface area (Å²) in [4.78, 5) is 4.09. The Morgan fingerprint density at radius 2 is 2.38 bits per heavy atom. The fourth-order valence-electron chi connectivity index (χ4n) is 0.929. The van der Waals surface area contributed by atoms with Gasteiger partial charge in [0.05, 0.1) is 17.9 Å². The Morgan fingerprint density at radius 3 is 2.92 bits per heavy atom. The van der Waals surface area contributed by atoms with Crippen molar-refractivity contribution in [2.75, 3.05) is 0 Å². The summed E-state index contributed by atoms with van der Waals surface area (Å²) in [5, 5.41) is 3.75. The third-order valence-corrected chi connectivity index (χ3v) is 1.61. The monoisotopic (exact) mass is 179 g/mol. The van der Waals surface area contributed by atoms with E-state index in [1.807, 2.05) is 0 Å². The van der Waals surface area contributed by atoms with Gasteiger partial charge in [-0.05, 0) is 13.0 Å². The van der Waals surface area contributed by atoms with Crippen molar-refractivity contribution < 1.29 is 8.94 Å². The molecule has 0 aromatic carbocycles. The molecule has 0 spiro atoms. The van der Waals surface area contributed by atoms with Gasteiger partial charge in [0.2, 0.25) is 11.7 Å². The van der Waals surface area contributed by atoms with Gasteiger partial charge in [0, 0.05) is 0 Å². The molecular weight excluding hydrogens is 170 g/mol. The molecule has 2 N–H and O–H groups in total. The van der Waals surface area contributed by atoms with Crippen molar-refractivity contribution in [2.24, 2.45) is 5.73 Å². The number of hydrogen-bond donors (Lipinski definition) is 1. The number of furan rings is 1. The molecule has 68 valence electrons. The van der Waals surface area contributed by atoms with Gasteiger partial charge in [-0.15, -0.1) is 0 Å². The Bertz CT molecular complexity index is 378. The Morgan fingerprint density at radius 1 is 1.54 bits per heavy atom. The summed E-state index contributed by atoms with van der Waals surface area (Å²) in [5.41, 5.74) is 6.35. The lowest BCUT2D eigenvalue weighted by Gasteiger charge is -1.92. The topological polar surface area (TPSA) is 78.1 Å². The minimum Gasteiger partial charge on any atom is -0.472 e. The molecule has 5 nitrogen and oxygen atoms in total. The summed E-state index contributed by atoms with van der Waals surface area (Å²) in [6, 6.07) is 1.52. The maximum Gasteiger partial charge on any atom is 0.243 e. The van der Waals surface area contributed by atoms with Crippen molar-refractivity contribution in [1.82, 2.24) is 10.1 Å².